The van der Waals surface area contributed by atoms with E-state index < -0.39 is 17.3 Å². The van der Waals surface area contributed by atoms with Crippen LogP contribution in [0, 0.1) is 5.82 Å². The first-order valence-corrected chi connectivity index (χ1v) is 5.83. The van der Waals surface area contributed by atoms with Crippen LogP contribution < -0.4 is 16.4 Å². The van der Waals surface area contributed by atoms with Crippen LogP contribution in [0.4, 0.5) is 10.1 Å². The maximum absolute atomic E-state index is 13.6. The molecule has 0 fully saturated rings. The molecule has 5 nitrogen and oxygen atoms in total. The van der Waals surface area contributed by atoms with Crippen molar-refractivity contribution in [3.8, 4) is 0 Å². The summed E-state index contributed by atoms with van der Waals surface area (Å²) >= 11 is 0. The third-order valence-corrected chi connectivity index (χ3v) is 2.24. The Bertz CT molecular complexity index is 495. The van der Waals surface area contributed by atoms with E-state index in [0.717, 1.165) is 6.07 Å². The van der Waals surface area contributed by atoms with Crippen LogP contribution >= 0.6 is 0 Å². The summed E-state index contributed by atoms with van der Waals surface area (Å²) in [5.41, 5.74) is 5.39. The highest BCUT2D eigenvalue weighted by Crippen LogP contribution is 2.15. The van der Waals surface area contributed by atoms with Crippen molar-refractivity contribution in [3.05, 3.63) is 29.6 Å². The standard InChI is InChI=1S/C13H18FN3O2/c1-8(18)17-9-4-5-11(14)10(6-9)12(19)16-7-13(2,3)15/h4-6H,7,15H2,1-3H3,(H,16,19)(H,17,18). The smallest absolute Gasteiger partial charge is 0.254 e. The van der Waals surface area contributed by atoms with Crippen molar-refractivity contribution in [2.75, 3.05) is 11.9 Å². The molecule has 0 aliphatic heterocycles. The van der Waals surface area contributed by atoms with Gasteiger partial charge in [-0.3, -0.25) is 9.59 Å². The summed E-state index contributed by atoms with van der Waals surface area (Å²) in [5, 5.41) is 5.03. The lowest BCUT2D eigenvalue weighted by molar-refractivity contribution is -0.114. The fraction of sp³-hybridized carbons (Fsp3) is 0.385. The van der Waals surface area contributed by atoms with Gasteiger partial charge in [-0.1, -0.05) is 0 Å². The van der Waals surface area contributed by atoms with Crippen molar-refractivity contribution in [2.45, 2.75) is 26.3 Å². The summed E-state index contributed by atoms with van der Waals surface area (Å²) < 4.78 is 13.6. The van der Waals surface area contributed by atoms with Crippen LogP contribution in [0.5, 0.6) is 0 Å². The Morgan fingerprint density at radius 3 is 2.53 bits per heavy atom. The molecular formula is C13H18FN3O2. The highest BCUT2D eigenvalue weighted by Gasteiger charge is 2.16. The van der Waals surface area contributed by atoms with Crippen molar-refractivity contribution in [2.24, 2.45) is 5.73 Å². The molecule has 0 saturated carbocycles. The van der Waals surface area contributed by atoms with Gasteiger partial charge in [-0.05, 0) is 32.0 Å². The molecule has 4 N–H and O–H groups in total. The summed E-state index contributed by atoms with van der Waals surface area (Å²) in [6, 6.07) is 3.81. The number of anilines is 1. The van der Waals surface area contributed by atoms with Gasteiger partial charge in [0.05, 0.1) is 5.56 Å². The maximum atomic E-state index is 13.6. The molecule has 1 aromatic rings. The van der Waals surface area contributed by atoms with E-state index in [2.05, 4.69) is 10.6 Å². The van der Waals surface area contributed by atoms with E-state index in [0.29, 0.717) is 5.69 Å². The highest BCUT2D eigenvalue weighted by atomic mass is 19.1. The normalized spacial score (nSPS) is 11.0. The van der Waals surface area contributed by atoms with Crippen LogP contribution in [0.15, 0.2) is 18.2 Å². The van der Waals surface area contributed by atoms with E-state index in [-0.39, 0.29) is 18.0 Å². The molecule has 0 atom stereocenters. The lowest BCUT2D eigenvalue weighted by Crippen LogP contribution is -2.45. The van der Waals surface area contributed by atoms with Crippen LogP contribution in [0.25, 0.3) is 0 Å². The Morgan fingerprint density at radius 2 is 2.00 bits per heavy atom. The molecule has 104 valence electrons. The largest absolute Gasteiger partial charge is 0.350 e. The second-order valence-electron chi connectivity index (χ2n) is 5.05. The van der Waals surface area contributed by atoms with E-state index in [4.69, 9.17) is 5.73 Å². The molecule has 0 bridgehead atoms. The Labute approximate surface area is 111 Å². The molecule has 0 spiro atoms. The summed E-state index contributed by atoms with van der Waals surface area (Å²) in [7, 11) is 0. The summed E-state index contributed by atoms with van der Waals surface area (Å²) in [6.07, 6.45) is 0. The number of nitrogens with two attached hydrogens (primary N) is 1. The number of benzene rings is 1. The van der Waals surface area contributed by atoms with Crippen molar-refractivity contribution in [3.63, 3.8) is 0 Å². The van der Waals surface area contributed by atoms with E-state index >= 15 is 0 Å². The number of rotatable bonds is 4. The van der Waals surface area contributed by atoms with E-state index in [1.54, 1.807) is 13.8 Å². The van der Waals surface area contributed by atoms with Gasteiger partial charge in [0.25, 0.3) is 5.91 Å². The van der Waals surface area contributed by atoms with Gasteiger partial charge in [-0.15, -0.1) is 0 Å². The molecular weight excluding hydrogens is 249 g/mol. The zero-order valence-electron chi connectivity index (χ0n) is 11.2. The Balaban J connectivity index is 2.86. The molecule has 0 aliphatic carbocycles. The minimum absolute atomic E-state index is 0.129. The molecule has 19 heavy (non-hydrogen) atoms. The van der Waals surface area contributed by atoms with Gasteiger partial charge in [-0.25, -0.2) is 4.39 Å². The van der Waals surface area contributed by atoms with Gasteiger partial charge in [0.2, 0.25) is 5.91 Å². The van der Waals surface area contributed by atoms with Crippen LogP contribution in [0.1, 0.15) is 31.1 Å². The quantitative estimate of drug-likeness (QED) is 0.767. The number of hydrogen-bond acceptors (Lipinski definition) is 3. The van der Waals surface area contributed by atoms with Crippen LogP contribution in [0.2, 0.25) is 0 Å². The van der Waals surface area contributed by atoms with Gasteiger partial charge in [0.15, 0.2) is 0 Å². The Morgan fingerprint density at radius 1 is 1.37 bits per heavy atom. The average Bonchev–Trinajstić information content (AvgIpc) is 2.27. The Hall–Kier alpha value is -1.95. The first-order valence-electron chi connectivity index (χ1n) is 5.83. The number of hydrogen-bond donors (Lipinski definition) is 3. The molecule has 0 saturated heterocycles. The second-order valence-corrected chi connectivity index (χ2v) is 5.05. The average molecular weight is 267 g/mol. The zero-order chi connectivity index (χ0) is 14.6. The third-order valence-electron chi connectivity index (χ3n) is 2.24. The summed E-state index contributed by atoms with van der Waals surface area (Å²) in [4.78, 5) is 22.7. The first-order chi connectivity index (χ1) is 8.69. The molecule has 0 heterocycles. The predicted molar refractivity (Wildman–Crippen MR) is 71.3 cm³/mol. The van der Waals surface area contributed by atoms with Crippen molar-refractivity contribution >= 4 is 17.5 Å². The molecule has 1 aromatic carbocycles. The molecule has 0 aliphatic rings. The van der Waals surface area contributed by atoms with Crippen LogP contribution in [-0.2, 0) is 4.79 Å². The SMILES string of the molecule is CC(=O)Nc1ccc(F)c(C(=O)NCC(C)(C)N)c1. The molecule has 2 amide bonds. The number of carbonyl (C=O) groups is 2. The monoisotopic (exact) mass is 267 g/mol. The second kappa shape index (κ2) is 5.79. The van der Waals surface area contributed by atoms with Gasteiger partial charge in [-0.2, -0.15) is 0 Å². The van der Waals surface area contributed by atoms with Gasteiger partial charge < -0.3 is 16.4 Å². The first kappa shape index (κ1) is 15.1. The molecule has 0 unspecified atom stereocenters. The number of nitrogens with one attached hydrogen (secondary N) is 2. The van der Waals surface area contributed by atoms with E-state index in [9.17, 15) is 14.0 Å². The fourth-order valence-corrected chi connectivity index (χ4v) is 1.38. The Kier molecular flexibility index (Phi) is 4.61. The number of amides is 2. The number of carbonyl (C=O) groups excluding carboxylic acids is 2. The van der Waals surface area contributed by atoms with Crippen LogP contribution in [0.3, 0.4) is 0 Å². The van der Waals surface area contributed by atoms with Gasteiger partial charge in [0, 0.05) is 24.7 Å². The third kappa shape index (κ3) is 5.05. The highest BCUT2D eigenvalue weighted by molar-refractivity contribution is 5.97. The van der Waals surface area contributed by atoms with Crippen molar-refractivity contribution < 1.29 is 14.0 Å². The predicted octanol–water partition coefficient (Wildman–Crippen LogP) is 1.25. The lowest BCUT2D eigenvalue weighted by Gasteiger charge is -2.19. The van der Waals surface area contributed by atoms with E-state index in [1.165, 1.54) is 19.1 Å². The van der Waals surface area contributed by atoms with Crippen LogP contribution in [-0.4, -0.2) is 23.9 Å². The molecule has 0 aromatic heterocycles. The minimum atomic E-state index is -0.651. The maximum Gasteiger partial charge on any atom is 0.254 e. The van der Waals surface area contributed by atoms with Gasteiger partial charge in [0.1, 0.15) is 5.82 Å². The summed E-state index contributed by atoms with van der Waals surface area (Å²) in [6.45, 7) is 5.05. The van der Waals surface area contributed by atoms with Crippen molar-refractivity contribution in [1.29, 1.82) is 0 Å². The number of halogens is 1. The molecule has 0 radical (unpaired) electrons. The lowest BCUT2D eigenvalue weighted by atomic mass is 10.1. The van der Waals surface area contributed by atoms with E-state index in [1.807, 2.05) is 0 Å². The molecule has 6 heteroatoms. The minimum Gasteiger partial charge on any atom is -0.350 e. The topological polar surface area (TPSA) is 84.2 Å². The zero-order valence-corrected chi connectivity index (χ0v) is 11.2. The summed E-state index contributed by atoms with van der Waals surface area (Å²) in [5.74, 6) is -1.51. The van der Waals surface area contributed by atoms with Gasteiger partial charge >= 0.3 is 0 Å². The van der Waals surface area contributed by atoms with Crippen molar-refractivity contribution in [1.82, 2.24) is 5.32 Å². The fourth-order valence-electron chi connectivity index (χ4n) is 1.38. The molecule has 1 rings (SSSR count).